The summed E-state index contributed by atoms with van der Waals surface area (Å²) < 4.78 is 13.6. The Kier molecular flexibility index (Phi) is 7.99. The van der Waals surface area contributed by atoms with Crippen LogP contribution >= 0.6 is 27.7 Å². The summed E-state index contributed by atoms with van der Waals surface area (Å²) in [6.45, 7) is 0.627. The van der Waals surface area contributed by atoms with Gasteiger partial charge in [-0.1, -0.05) is 12.8 Å². The first-order chi connectivity index (χ1) is 9.56. The Morgan fingerprint density at radius 3 is 2.75 bits per heavy atom. The number of hydrogen-bond donors (Lipinski definition) is 2. The minimum atomic E-state index is -0.526. The van der Waals surface area contributed by atoms with Crippen molar-refractivity contribution in [3.8, 4) is 0 Å². The molecule has 1 amide bonds. The standard InChI is InChI=1S/C14H20BrFN2OS/c1-20-7-5-3-2-4-6-18-14(19)10-8-13(17)12(16)9-11(10)15/h8-9H,2-7,17H2,1H3,(H,18,19). The van der Waals surface area contributed by atoms with Crippen molar-refractivity contribution in [2.45, 2.75) is 25.7 Å². The molecule has 0 spiro atoms. The van der Waals surface area contributed by atoms with Gasteiger partial charge in [-0.2, -0.15) is 11.8 Å². The maximum Gasteiger partial charge on any atom is 0.252 e. The lowest BCUT2D eigenvalue weighted by Gasteiger charge is -2.08. The highest BCUT2D eigenvalue weighted by atomic mass is 79.9. The largest absolute Gasteiger partial charge is 0.396 e. The molecule has 3 nitrogen and oxygen atoms in total. The summed E-state index contributed by atoms with van der Waals surface area (Å²) in [4.78, 5) is 11.9. The average Bonchev–Trinajstić information content (AvgIpc) is 2.41. The van der Waals surface area contributed by atoms with E-state index in [9.17, 15) is 9.18 Å². The summed E-state index contributed by atoms with van der Waals surface area (Å²) in [5, 5.41) is 2.83. The fourth-order valence-corrected chi connectivity index (χ4v) is 2.75. The molecule has 1 aromatic rings. The number of hydrogen-bond acceptors (Lipinski definition) is 3. The van der Waals surface area contributed by atoms with Crippen LogP contribution in [0, 0.1) is 5.82 Å². The monoisotopic (exact) mass is 362 g/mol. The number of nitrogen functional groups attached to an aromatic ring is 1. The van der Waals surface area contributed by atoms with Gasteiger partial charge in [0.1, 0.15) is 5.82 Å². The van der Waals surface area contributed by atoms with Crippen LogP contribution in [-0.4, -0.2) is 24.5 Å². The molecule has 0 fully saturated rings. The second-order valence-electron chi connectivity index (χ2n) is 4.52. The maximum atomic E-state index is 13.2. The van der Waals surface area contributed by atoms with Crippen LogP contribution in [0.25, 0.3) is 0 Å². The lowest BCUT2D eigenvalue weighted by atomic mass is 10.1. The Morgan fingerprint density at radius 2 is 2.05 bits per heavy atom. The lowest BCUT2D eigenvalue weighted by molar-refractivity contribution is 0.0952. The summed E-state index contributed by atoms with van der Waals surface area (Å²) in [5.74, 6) is 0.434. The number of halogens is 2. The Labute approximate surface area is 132 Å². The number of anilines is 1. The normalized spacial score (nSPS) is 10.6. The molecule has 0 saturated carbocycles. The van der Waals surface area contributed by atoms with E-state index < -0.39 is 5.82 Å². The molecule has 1 aromatic carbocycles. The van der Waals surface area contributed by atoms with Crippen molar-refractivity contribution in [2.75, 3.05) is 24.3 Å². The third kappa shape index (κ3) is 5.71. The van der Waals surface area contributed by atoms with Crippen molar-refractivity contribution >= 4 is 39.3 Å². The number of amides is 1. The van der Waals surface area contributed by atoms with E-state index in [-0.39, 0.29) is 11.6 Å². The van der Waals surface area contributed by atoms with Gasteiger partial charge < -0.3 is 11.1 Å². The van der Waals surface area contributed by atoms with Crippen LogP contribution in [0.2, 0.25) is 0 Å². The molecule has 0 heterocycles. The van der Waals surface area contributed by atoms with Crippen LogP contribution in [0.3, 0.4) is 0 Å². The van der Waals surface area contributed by atoms with E-state index >= 15 is 0 Å². The van der Waals surface area contributed by atoms with Crippen molar-refractivity contribution in [1.29, 1.82) is 0 Å². The predicted octanol–water partition coefficient (Wildman–Crippen LogP) is 3.82. The Balaban J connectivity index is 2.34. The molecule has 6 heteroatoms. The van der Waals surface area contributed by atoms with E-state index in [1.807, 2.05) is 11.8 Å². The van der Waals surface area contributed by atoms with Gasteiger partial charge in [-0.3, -0.25) is 4.79 Å². The van der Waals surface area contributed by atoms with Gasteiger partial charge in [0.15, 0.2) is 0 Å². The fourth-order valence-electron chi connectivity index (χ4n) is 1.76. The van der Waals surface area contributed by atoms with Crippen LogP contribution in [-0.2, 0) is 0 Å². The lowest BCUT2D eigenvalue weighted by Crippen LogP contribution is -2.25. The van der Waals surface area contributed by atoms with E-state index in [0.717, 1.165) is 12.8 Å². The van der Waals surface area contributed by atoms with Crippen molar-refractivity contribution in [2.24, 2.45) is 0 Å². The second kappa shape index (κ2) is 9.23. The molecular weight excluding hydrogens is 343 g/mol. The molecule has 1 rings (SSSR count). The molecule has 3 N–H and O–H groups in total. The molecule has 0 aliphatic carbocycles. The first kappa shape index (κ1) is 17.3. The molecule has 0 aliphatic heterocycles. The number of carbonyl (C=O) groups excluding carboxylic acids is 1. The molecule has 112 valence electrons. The molecule has 20 heavy (non-hydrogen) atoms. The number of thioether (sulfide) groups is 1. The third-order valence-electron chi connectivity index (χ3n) is 2.89. The first-order valence-corrected chi connectivity index (χ1v) is 8.76. The van der Waals surface area contributed by atoms with Crippen molar-refractivity contribution in [1.82, 2.24) is 5.32 Å². The van der Waals surface area contributed by atoms with Crippen LogP contribution < -0.4 is 11.1 Å². The van der Waals surface area contributed by atoms with Crippen LogP contribution in [0.4, 0.5) is 10.1 Å². The Hall–Kier alpha value is -0.750. The number of carbonyl (C=O) groups is 1. The zero-order valence-corrected chi connectivity index (χ0v) is 13.9. The number of unbranched alkanes of at least 4 members (excludes halogenated alkanes) is 3. The van der Waals surface area contributed by atoms with Crippen LogP contribution in [0.1, 0.15) is 36.0 Å². The number of nitrogens with one attached hydrogen (secondary N) is 1. The predicted molar refractivity (Wildman–Crippen MR) is 87.7 cm³/mol. The van der Waals surface area contributed by atoms with Gasteiger partial charge in [-0.15, -0.1) is 0 Å². The summed E-state index contributed by atoms with van der Waals surface area (Å²) in [7, 11) is 0. The van der Waals surface area contributed by atoms with E-state index in [1.165, 1.54) is 30.7 Å². The quantitative estimate of drug-likeness (QED) is 0.545. The molecule has 0 aliphatic rings. The van der Waals surface area contributed by atoms with E-state index in [4.69, 9.17) is 5.73 Å². The van der Waals surface area contributed by atoms with Gasteiger partial charge >= 0.3 is 0 Å². The fraction of sp³-hybridized carbons (Fsp3) is 0.500. The van der Waals surface area contributed by atoms with Crippen molar-refractivity contribution in [3.63, 3.8) is 0 Å². The average molecular weight is 363 g/mol. The highest BCUT2D eigenvalue weighted by Crippen LogP contribution is 2.22. The summed E-state index contributed by atoms with van der Waals surface area (Å²) in [6, 6.07) is 2.57. The molecule has 0 saturated heterocycles. The minimum Gasteiger partial charge on any atom is -0.396 e. The van der Waals surface area contributed by atoms with Gasteiger partial charge in [0.2, 0.25) is 0 Å². The van der Waals surface area contributed by atoms with Gasteiger partial charge in [-0.05, 0) is 52.9 Å². The van der Waals surface area contributed by atoms with Gasteiger partial charge in [0.05, 0.1) is 11.3 Å². The summed E-state index contributed by atoms with van der Waals surface area (Å²) in [6.07, 6.45) is 6.56. The third-order valence-corrected chi connectivity index (χ3v) is 4.24. The van der Waals surface area contributed by atoms with Crippen molar-refractivity contribution in [3.05, 3.63) is 28.0 Å². The molecule has 0 bridgehead atoms. The van der Waals surface area contributed by atoms with Crippen molar-refractivity contribution < 1.29 is 9.18 Å². The zero-order chi connectivity index (χ0) is 15.0. The van der Waals surface area contributed by atoms with E-state index in [1.54, 1.807) is 0 Å². The molecule has 0 radical (unpaired) electrons. The molecule has 0 atom stereocenters. The Bertz CT molecular complexity index is 457. The first-order valence-electron chi connectivity index (χ1n) is 6.58. The number of benzene rings is 1. The molecule has 0 aromatic heterocycles. The van der Waals surface area contributed by atoms with Gasteiger partial charge in [0.25, 0.3) is 5.91 Å². The smallest absolute Gasteiger partial charge is 0.252 e. The Morgan fingerprint density at radius 1 is 1.35 bits per heavy atom. The summed E-state index contributed by atoms with van der Waals surface area (Å²) in [5.41, 5.74) is 5.82. The summed E-state index contributed by atoms with van der Waals surface area (Å²) >= 11 is 5.03. The van der Waals surface area contributed by atoms with E-state index in [0.29, 0.717) is 16.6 Å². The maximum absolute atomic E-state index is 13.2. The topological polar surface area (TPSA) is 55.1 Å². The SMILES string of the molecule is CSCCCCCCNC(=O)c1cc(N)c(F)cc1Br. The van der Waals surface area contributed by atoms with E-state index in [2.05, 4.69) is 27.5 Å². The van der Waals surface area contributed by atoms with Gasteiger partial charge in [0, 0.05) is 11.0 Å². The molecular formula is C14H20BrFN2OS. The molecule has 0 unspecified atom stereocenters. The zero-order valence-electron chi connectivity index (χ0n) is 11.5. The van der Waals surface area contributed by atoms with Crippen LogP contribution in [0.15, 0.2) is 16.6 Å². The number of rotatable bonds is 8. The number of nitrogens with two attached hydrogens (primary N) is 1. The second-order valence-corrected chi connectivity index (χ2v) is 6.36. The van der Waals surface area contributed by atoms with Crippen LogP contribution in [0.5, 0.6) is 0 Å². The highest BCUT2D eigenvalue weighted by Gasteiger charge is 2.12. The highest BCUT2D eigenvalue weighted by molar-refractivity contribution is 9.10. The minimum absolute atomic E-state index is 0.0181. The van der Waals surface area contributed by atoms with Gasteiger partial charge in [-0.25, -0.2) is 4.39 Å².